The van der Waals surface area contributed by atoms with E-state index < -0.39 is 0 Å². The van der Waals surface area contributed by atoms with Gasteiger partial charge in [0.25, 0.3) is 11.8 Å². The molecule has 148 valence electrons. The Labute approximate surface area is 173 Å². The van der Waals surface area contributed by atoms with Gasteiger partial charge in [-0.3, -0.25) is 9.59 Å². The number of hydrogen-bond donors (Lipinski definition) is 3. The summed E-state index contributed by atoms with van der Waals surface area (Å²) in [5.74, 6) is -0.414. The van der Waals surface area contributed by atoms with Crippen molar-refractivity contribution in [2.24, 2.45) is 0 Å². The first-order valence-electron chi connectivity index (χ1n) is 9.17. The van der Waals surface area contributed by atoms with E-state index in [1.165, 1.54) is 23.9 Å². The number of phenols is 1. The van der Waals surface area contributed by atoms with E-state index in [-0.39, 0.29) is 17.6 Å². The van der Waals surface area contributed by atoms with Gasteiger partial charge < -0.3 is 15.7 Å². The lowest BCUT2D eigenvalue weighted by Gasteiger charge is -2.10. The number of nitrogens with one attached hydrogen (secondary N) is 2. The van der Waals surface area contributed by atoms with Crippen LogP contribution in [0.4, 0.5) is 0 Å². The summed E-state index contributed by atoms with van der Waals surface area (Å²) in [6, 6.07) is 19.4. The van der Waals surface area contributed by atoms with Crippen LogP contribution >= 0.6 is 11.8 Å². The first-order valence-corrected chi connectivity index (χ1v) is 9.98. The van der Waals surface area contributed by atoms with E-state index in [1.807, 2.05) is 30.3 Å². The molecular weight excluding hydrogens is 386 g/mol. The number of aromatic nitrogens is 1. The minimum Gasteiger partial charge on any atom is -0.508 e. The van der Waals surface area contributed by atoms with E-state index >= 15 is 0 Å². The third-order valence-electron chi connectivity index (χ3n) is 4.01. The van der Waals surface area contributed by atoms with Gasteiger partial charge in [-0.15, -0.1) is 0 Å². The van der Waals surface area contributed by atoms with Crippen LogP contribution in [0, 0.1) is 0 Å². The van der Waals surface area contributed by atoms with Crippen molar-refractivity contribution in [3.05, 3.63) is 84.1 Å². The van der Waals surface area contributed by atoms with Crippen molar-refractivity contribution in [2.45, 2.75) is 16.3 Å². The average molecular weight is 407 g/mol. The summed E-state index contributed by atoms with van der Waals surface area (Å²) in [5, 5.41) is 15.7. The zero-order chi connectivity index (χ0) is 20.5. The van der Waals surface area contributed by atoms with Gasteiger partial charge in [-0.1, -0.05) is 36.0 Å². The summed E-state index contributed by atoms with van der Waals surface area (Å²) in [6.45, 7) is 0.830. The van der Waals surface area contributed by atoms with Crippen molar-refractivity contribution in [3.8, 4) is 5.75 Å². The predicted molar refractivity (Wildman–Crippen MR) is 112 cm³/mol. The molecule has 0 saturated carbocycles. The molecule has 2 amide bonds. The largest absolute Gasteiger partial charge is 0.508 e. The fourth-order valence-corrected chi connectivity index (χ4v) is 3.48. The number of carbonyl (C=O) groups is 2. The Kier molecular flexibility index (Phi) is 7.24. The molecule has 7 heteroatoms. The topological polar surface area (TPSA) is 91.3 Å². The van der Waals surface area contributed by atoms with Crippen LogP contribution in [-0.2, 0) is 0 Å². The number of carbonyl (C=O) groups excluding carboxylic acids is 2. The lowest BCUT2D eigenvalue weighted by Crippen LogP contribution is -2.30. The van der Waals surface area contributed by atoms with Gasteiger partial charge in [-0.05, 0) is 48.9 Å². The molecule has 2 aromatic carbocycles. The molecule has 6 nitrogen and oxygen atoms in total. The van der Waals surface area contributed by atoms with Crippen LogP contribution < -0.4 is 10.6 Å². The minimum atomic E-state index is -0.263. The lowest BCUT2D eigenvalue weighted by molar-refractivity contribution is 0.0949. The highest BCUT2D eigenvalue weighted by atomic mass is 32.2. The maximum absolute atomic E-state index is 12.5. The van der Waals surface area contributed by atoms with Crippen LogP contribution in [0.15, 0.2) is 82.8 Å². The Morgan fingerprint density at radius 2 is 1.66 bits per heavy atom. The second-order valence-corrected chi connectivity index (χ2v) is 7.25. The van der Waals surface area contributed by atoms with Crippen LogP contribution in [0.5, 0.6) is 5.75 Å². The van der Waals surface area contributed by atoms with Crippen LogP contribution in [0.25, 0.3) is 0 Å². The molecule has 0 aliphatic carbocycles. The number of pyridine rings is 1. The van der Waals surface area contributed by atoms with E-state index in [0.29, 0.717) is 35.7 Å². The van der Waals surface area contributed by atoms with E-state index in [9.17, 15) is 14.7 Å². The Morgan fingerprint density at radius 1 is 0.897 bits per heavy atom. The van der Waals surface area contributed by atoms with Crippen LogP contribution in [0.3, 0.4) is 0 Å². The van der Waals surface area contributed by atoms with Crippen molar-refractivity contribution in [1.82, 2.24) is 15.6 Å². The lowest BCUT2D eigenvalue weighted by atomic mass is 10.2. The molecule has 29 heavy (non-hydrogen) atoms. The number of hydrogen-bond acceptors (Lipinski definition) is 5. The quantitative estimate of drug-likeness (QED) is 0.497. The molecule has 0 fully saturated rings. The number of nitrogens with zero attached hydrogens (tertiary/aromatic N) is 1. The summed E-state index contributed by atoms with van der Waals surface area (Å²) in [4.78, 5) is 29.9. The van der Waals surface area contributed by atoms with Crippen LogP contribution in [0.1, 0.15) is 27.1 Å². The minimum absolute atomic E-state index is 0.0468. The third kappa shape index (κ3) is 6.08. The Balaban J connectivity index is 1.47. The highest BCUT2D eigenvalue weighted by molar-refractivity contribution is 7.99. The predicted octanol–water partition coefficient (Wildman–Crippen LogP) is 3.49. The Hall–Kier alpha value is -3.32. The molecule has 0 unspecified atom stereocenters. The van der Waals surface area contributed by atoms with Gasteiger partial charge in [0, 0.05) is 29.7 Å². The Bertz CT molecular complexity index is 980. The number of rotatable bonds is 8. The normalized spacial score (nSPS) is 10.3. The van der Waals surface area contributed by atoms with Gasteiger partial charge in [0.15, 0.2) is 0 Å². The molecule has 0 bridgehead atoms. The number of phenolic OH excluding ortho intramolecular Hbond substituents is 1. The summed E-state index contributed by atoms with van der Waals surface area (Å²) in [5.41, 5.74) is 0.914. The van der Waals surface area contributed by atoms with E-state index in [1.54, 1.807) is 30.5 Å². The van der Waals surface area contributed by atoms with Crippen molar-refractivity contribution >= 4 is 23.6 Å². The second kappa shape index (κ2) is 10.3. The number of benzene rings is 2. The first-order chi connectivity index (χ1) is 14.1. The molecule has 1 heterocycles. The van der Waals surface area contributed by atoms with Crippen LogP contribution in [-0.4, -0.2) is 35.0 Å². The Morgan fingerprint density at radius 3 is 2.41 bits per heavy atom. The van der Waals surface area contributed by atoms with Gasteiger partial charge in [0.1, 0.15) is 10.8 Å². The molecule has 0 radical (unpaired) electrons. The van der Waals surface area contributed by atoms with Crippen LogP contribution in [0.2, 0.25) is 0 Å². The summed E-state index contributed by atoms with van der Waals surface area (Å²) >= 11 is 1.44. The van der Waals surface area contributed by atoms with Gasteiger partial charge in [-0.2, -0.15) is 0 Å². The molecule has 0 aliphatic rings. The zero-order valence-electron chi connectivity index (χ0n) is 15.7. The van der Waals surface area contributed by atoms with E-state index in [0.717, 1.165) is 4.90 Å². The summed E-state index contributed by atoms with van der Waals surface area (Å²) in [7, 11) is 0. The molecule has 0 spiro atoms. The van der Waals surface area contributed by atoms with Gasteiger partial charge in [0.05, 0.1) is 5.56 Å². The first kappa shape index (κ1) is 20.4. The van der Waals surface area contributed by atoms with E-state index in [4.69, 9.17) is 0 Å². The summed E-state index contributed by atoms with van der Waals surface area (Å²) in [6.07, 6.45) is 2.25. The van der Waals surface area contributed by atoms with Crippen molar-refractivity contribution in [3.63, 3.8) is 0 Å². The second-order valence-electron chi connectivity index (χ2n) is 6.19. The molecule has 0 saturated heterocycles. The number of aromatic hydroxyl groups is 1. The van der Waals surface area contributed by atoms with Gasteiger partial charge >= 0.3 is 0 Å². The van der Waals surface area contributed by atoms with Gasteiger partial charge in [-0.25, -0.2) is 4.98 Å². The SMILES string of the molecule is O=C(NCCCNC(=O)c1cccnc1Sc1ccccc1)c1cccc(O)c1. The van der Waals surface area contributed by atoms with Crippen molar-refractivity contribution in [1.29, 1.82) is 0 Å². The van der Waals surface area contributed by atoms with E-state index in [2.05, 4.69) is 15.6 Å². The smallest absolute Gasteiger partial charge is 0.254 e. The maximum Gasteiger partial charge on any atom is 0.254 e. The molecule has 3 rings (SSSR count). The molecular formula is C22H21N3O3S. The highest BCUT2D eigenvalue weighted by Gasteiger charge is 2.13. The monoisotopic (exact) mass is 407 g/mol. The highest BCUT2D eigenvalue weighted by Crippen LogP contribution is 2.28. The summed E-state index contributed by atoms with van der Waals surface area (Å²) < 4.78 is 0. The third-order valence-corrected chi connectivity index (χ3v) is 5.03. The van der Waals surface area contributed by atoms with Crippen molar-refractivity contribution < 1.29 is 14.7 Å². The fourth-order valence-electron chi connectivity index (χ4n) is 2.58. The fraction of sp³-hybridized carbons (Fsp3) is 0.136. The standard InChI is InChI=1S/C22H21N3O3S/c26-17-8-4-7-16(15-17)20(27)23-13-6-14-24-21(28)19-11-5-12-25-22(19)29-18-9-2-1-3-10-18/h1-5,7-12,15,26H,6,13-14H2,(H,23,27)(H,24,28). The molecule has 3 N–H and O–H groups in total. The van der Waals surface area contributed by atoms with Crippen molar-refractivity contribution in [2.75, 3.05) is 13.1 Å². The number of amides is 2. The molecule has 3 aromatic rings. The molecule has 0 atom stereocenters. The molecule has 1 aromatic heterocycles. The zero-order valence-corrected chi connectivity index (χ0v) is 16.5. The molecule has 0 aliphatic heterocycles. The maximum atomic E-state index is 12.5. The van der Waals surface area contributed by atoms with Gasteiger partial charge in [0.2, 0.25) is 0 Å². The average Bonchev–Trinajstić information content (AvgIpc) is 2.74.